The summed E-state index contributed by atoms with van der Waals surface area (Å²) in [7, 11) is 0. The number of halogens is 1. The van der Waals surface area contributed by atoms with Crippen molar-refractivity contribution in [3.8, 4) is 5.75 Å². The summed E-state index contributed by atoms with van der Waals surface area (Å²) in [6.45, 7) is 5.03. The molecule has 0 atom stereocenters. The molecular formula is C16H22ClNO2. The Balaban J connectivity index is 1.71. The fourth-order valence-electron chi connectivity index (χ4n) is 2.95. The topological polar surface area (TPSA) is 44.5 Å². The molecule has 2 aliphatic rings. The van der Waals surface area contributed by atoms with Crippen LogP contribution in [-0.4, -0.2) is 26.4 Å². The van der Waals surface area contributed by atoms with Gasteiger partial charge in [-0.15, -0.1) is 0 Å². The molecule has 20 heavy (non-hydrogen) atoms. The fraction of sp³-hybridized carbons (Fsp3) is 0.625. The molecule has 4 heteroatoms. The molecule has 2 N–H and O–H groups in total. The Hall–Kier alpha value is -0.770. The third-order valence-electron chi connectivity index (χ3n) is 4.72. The van der Waals surface area contributed by atoms with Crippen molar-refractivity contribution in [1.82, 2.24) is 0 Å². The Morgan fingerprint density at radius 3 is 2.55 bits per heavy atom. The molecule has 0 aromatic heterocycles. The summed E-state index contributed by atoms with van der Waals surface area (Å²) in [4.78, 5) is 0. The lowest BCUT2D eigenvalue weighted by molar-refractivity contribution is -0.120. The van der Waals surface area contributed by atoms with Gasteiger partial charge in [0.1, 0.15) is 5.75 Å². The molecule has 0 amide bonds. The van der Waals surface area contributed by atoms with Gasteiger partial charge in [0.2, 0.25) is 0 Å². The monoisotopic (exact) mass is 295 g/mol. The van der Waals surface area contributed by atoms with E-state index in [0.29, 0.717) is 18.2 Å². The third kappa shape index (κ3) is 2.43. The zero-order valence-electron chi connectivity index (χ0n) is 12.0. The van der Waals surface area contributed by atoms with Crippen molar-refractivity contribution in [2.75, 3.05) is 26.4 Å². The van der Waals surface area contributed by atoms with Gasteiger partial charge in [-0.3, -0.25) is 0 Å². The van der Waals surface area contributed by atoms with Crippen LogP contribution in [0.1, 0.15) is 31.7 Å². The maximum Gasteiger partial charge on any atom is 0.137 e. The number of hydrogen-bond acceptors (Lipinski definition) is 3. The molecule has 2 fully saturated rings. The lowest BCUT2D eigenvalue weighted by Crippen LogP contribution is -2.44. The average Bonchev–Trinajstić information content (AvgIpc) is 2.35. The van der Waals surface area contributed by atoms with Crippen LogP contribution in [0.3, 0.4) is 0 Å². The molecule has 1 aliphatic carbocycles. The first-order valence-corrected chi connectivity index (χ1v) is 7.65. The largest absolute Gasteiger partial charge is 0.491 e. The summed E-state index contributed by atoms with van der Waals surface area (Å²) in [5.41, 5.74) is 7.48. The molecule has 0 unspecified atom stereocenters. The first kappa shape index (κ1) is 14.2. The zero-order chi connectivity index (χ0) is 14.2. The molecule has 0 spiro atoms. The van der Waals surface area contributed by atoms with E-state index < -0.39 is 0 Å². The van der Waals surface area contributed by atoms with Gasteiger partial charge in [0.25, 0.3) is 0 Å². The molecule has 0 bridgehead atoms. The summed E-state index contributed by atoms with van der Waals surface area (Å²) in [5.74, 6) is 0.759. The highest BCUT2D eigenvalue weighted by Gasteiger charge is 2.38. The van der Waals surface area contributed by atoms with E-state index in [2.05, 4.69) is 13.0 Å². The first-order valence-electron chi connectivity index (χ1n) is 7.28. The molecule has 1 aromatic carbocycles. The molecule has 110 valence electrons. The predicted molar refractivity (Wildman–Crippen MR) is 80.5 cm³/mol. The molecule has 1 saturated heterocycles. The van der Waals surface area contributed by atoms with Crippen LogP contribution < -0.4 is 10.5 Å². The van der Waals surface area contributed by atoms with E-state index in [1.54, 1.807) is 0 Å². The average molecular weight is 296 g/mol. The van der Waals surface area contributed by atoms with E-state index in [1.807, 2.05) is 12.1 Å². The van der Waals surface area contributed by atoms with Crippen LogP contribution >= 0.6 is 11.6 Å². The molecular weight excluding hydrogens is 274 g/mol. The summed E-state index contributed by atoms with van der Waals surface area (Å²) in [6.07, 6.45) is 3.58. The van der Waals surface area contributed by atoms with E-state index in [4.69, 9.17) is 26.8 Å². The van der Waals surface area contributed by atoms with Crippen LogP contribution in [0.4, 0.5) is 0 Å². The van der Waals surface area contributed by atoms with Crippen molar-refractivity contribution in [2.45, 2.75) is 31.6 Å². The highest BCUT2D eigenvalue weighted by molar-refractivity contribution is 6.32. The first-order chi connectivity index (χ1) is 9.57. The maximum absolute atomic E-state index is 6.37. The lowest BCUT2D eigenvalue weighted by atomic mass is 9.64. The van der Waals surface area contributed by atoms with E-state index in [1.165, 1.54) is 12.0 Å². The van der Waals surface area contributed by atoms with Gasteiger partial charge in [-0.25, -0.2) is 0 Å². The van der Waals surface area contributed by atoms with Gasteiger partial charge in [0.15, 0.2) is 0 Å². The number of rotatable bonds is 5. The van der Waals surface area contributed by atoms with Crippen molar-refractivity contribution < 1.29 is 9.47 Å². The SMILES string of the molecule is CC1(COc2ccc(C3(CN)CCC3)cc2Cl)COC1. The summed E-state index contributed by atoms with van der Waals surface area (Å²) in [5, 5.41) is 0.686. The Morgan fingerprint density at radius 1 is 1.35 bits per heavy atom. The van der Waals surface area contributed by atoms with Crippen molar-refractivity contribution in [1.29, 1.82) is 0 Å². The summed E-state index contributed by atoms with van der Waals surface area (Å²) >= 11 is 6.37. The second kappa shape index (κ2) is 5.21. The van der Waals surface area contributed by atoms with Gasteiger partial charge >= 0.3 is 0 Å². The molecule has 3 rings (SSSR count). The Morgan fingerprint density at radius 2 is 2.10 bits per heavy atom. The highest BCUT2D eigenvalue weighted by Crippen LogP contribution is 2.44. The molecule has 0 radical (unpaired) electrons. The van der Waals surface area contributed by atoms with Crippen LogP contribution in [0.15, 0.2) is 18.2 Å². The quantitative estimate of drug-likeness (QED) is 0.907. The molecule has 1 aliphatic heterocycles. The van der Waals surface area contributed by atoms with Crippen LogP contribution in [-0.2, 0) is 10.2 Å². The number of hydrogen-bond donors (Lipinski definition) is 1. The lowest BCUT2D eigenvalue weighted by Gasteiger charge is -2.41. The van der Waals surface area contributed by atoms with Crippen LogP contribution in [0.2, 0.25) is 5.02 Å². The molecule has 1 saturated carbocycles. The molecule has 1 heterocycles. The van der Waals surface area contributed by atoms with Gasteiger partial charge in [0.05, 0.1) is 24.8 Å². The zero-order valence-corrected chi connectivity index (χ0v) is 12.7. The Labute approximate surface area is 125 Å². The maximum atomic E-state index is 6.37. The van der Waals surface area contributed by atoms with E-state index >= 15 is 0 Å². The van der Waals surface area contributed by atoms with Crippen LogP contribution in [0, 0.1) is 5.41 Å². The van der Waals surface area contributed by atoms with Gasteiger partial charge in [-0.1, -0.05) is 31.0 Å². The van der Waals surface area contributed by atoms with Gasteiger partial charge in [-0.2, -0.15) is 0 Å². The summed E-state index contributed by atoms with van der Waals surface area (Å²) in [6, 6.07) is 6.13. The van der Waals surface area contributed by atoms with Crippen molar-refractivity contribution >= 4 is 11.6 Å². The second-order valence-electron chi connectivity index (χ2n) is 6.58. The Kier molecular flexibility index (Phi) is 3.69. The van der Waals surface area contributed by atoms with Crippen LogP contribution in [0.5, 0.6) is 5.75 Å². The minimum Gasteiger partial charge on any atom is -0.491 e. The third-order valence-corrected chi connectivity index (χ3v) is 5.02. The van der Waals surface area contributed by atoms with Crippen molar-refractivity contribution in [3.63, 3.8) is 0 Å². The van der Waals surface area contributed by atoms with Gasteiger partial charge < -0.3 is 15.2 Å². The summed E-state index contributed by atoms with van der Waals surface area (Å²) < 4.78 is 11.1. The highest BCUT2D eigenvalue weighted by atomic mass is 35.5. The predicted octanol–water partition coefficient (Wildman–Crippen LogP) is 3.14. The number of benzene rings is 1. The normalized spacial score (nSPS) is 22.8. The van der Waals surface area contributed by atoms with Gasteiger partial charge in [0, 0.05) is 17.4 Å². The smallest absolute Gasteiger partial charge is 0.137 e. The molecule has 1 aromatic rings. The standard InChI is InChI=1S/C16H22ClNO2/c1-15(9-19-10-15)11-20-14-4-3-12(7-13(14)17)16(8-18)5-2-6-16/h3-4,7H,2,5-6,8-11,18H2,1H3. The van der Waals surface area contributed by atoms with Crippen molar-refractivity contribution in [2.24, 2.45) is 11.1 Å². The van der Waals surface area contributed by atoms with E-state index in [0.717, 1.165) is 31.8 Å². The van der Waals surface area contributed by atoms with E-state index in [9.17, 15) is 0 Å². The number of ether oxygens (including phenoxy) is 2. The minimum absolute atomic E-state index is 0.133. The minimum atomic E-state index is 0.133. The van der Waals surface area contributed by atoms with Gasteiger partial charge in [-0.05, 0) is 30.5 Å². The Bertz CT molecular complexity index is 490. The van der Waals surface area contributed by atoms with E-state index in [-0.39, 0.29) is 10.8 Å². The number of nitrogens with two attached hydrogens (primary N) is 1. The van der Waals surface area contributed by atoms with Crippen molar-refractivity contribution in [3.05, 3.63) is 28.8 Å². The van der Waals surface area contributed by atoms with Crippen LogP contribution in [0.25, 0.3) is 0 Å². The fourth-order valence-corrected chi connectivity index (χ4v) is 3.18. The second-order valence-corrected chi connectivity index (χ2v) is 6.98. The molecule has 3 nitrogen and oxygen atoms in total.